The van der Waals surface area contributed by atoms with Gasteiger partial charge in [-0.2, -0.15) is 0 Å². The molecule has 2 aliphatic rings. The Morgan fingerprint density at radius 1 is 1.16 bits per heavy atom. The Bertz CT molecular complexity index is 929. The van der Waals surface area contributed by atoms with Crippen LogP contribution in [-0.2, 0) is 14.3 Å². The number of carbonyl (C=O) groups is 2. The minimum Gasteiger partial charge on any atom is -0.378 e. The van der Waals surface area contributed by atoms with Gasteiger partial charge in [-0.1, -0.05) is 12.1 Å². The van der Waals surface area contributed by atoms with E-state index in [-0.39, 0.29) is 17.7 Å². The zero-order valence-electron chi connectivity index (χ0n) is 17.9. The van der Waals surface area contributed by atoms with Gasteiger partial charge in [0, 0.05) is 56.1 Å². The van der Waals surface area contributed by atoms with Crippen LogP contribution in [0.15, 0.2) is 36.7 Å². The van der Waals surface area contributed by atoms with E-state index in [0.717, 1.165) is 48.6 Å². The van der Waals surface area contributed by atoms with Crippen molar-refractivity contribution in [2.24, 2.45) is 0 Å². The van der Waals surface area contributed by atoms with Gasteiger partial charge in [-0.25, -0.2) is 0 Å². The van der Waals surface area contributed by atoms with Crippen LogP contribution in [0, 0.1) is 0 Å². The third kappa shape index (κ3) is 5.45. The van der Waals surface area contributed by atoms with Crippen LogP contribution in [0.3, 0.4) is 0 Å². The van der Waals surface area contributed by atoms with E-state index >= 15 is 0 Å². The van der Waals surface area contributed by atoms with Crippen LogP contribution in [0.2, 0.25) is 0 Å². The monoisotopic (exact) mass is 423 g/mol. The summed E-state index contributed by atoms with van der Waals surface area (Å²) in [5.74, 6) is 0.273. The molecule has 4 rings (SSSR count). The first kappa shape index (κ1) is 21.4. The highest BCUT2D eigenvalue weighted by molar-refractivity contribution is 5.89. The summed E-state index contributed by atoms with van der Waals surface area (Å²) in [7, 11) is 0. The summed E-state index contributed by atoms with van der Waals surface area (Å²) in [5, 5.41) is 2.83. The molecule has 0 spiro atoms. The molecule has 1 N–H and O–H groups in total. The van der Waals surface area contributed by atoms with Gasteiger partial charge in [0.15, 0.2) is 0 Å². The van der Waals surface area contributed by atoms with Crippen molar-refractivity contribution in [3.8, 4) is 11.3 Å². The number of piperidine rings is 1. The molecule has 0 saturated carbocycles. The quantitative estimate of drug-likeness (QED) is 0.793. The summed E-state index contributed by atoms with van der Waals surface area (Å²) in [6.45, 7) is 6.22. The van der Waals surface area contributed by atoms with E-state index in [0.29, 0.717) is 32.8 Å². The molecule has 0 aliphatic carbocycles. The van der Waals surface area contributed by atoms with Gasteiger partial charge in [0.05, 0.1) is 31.1 Å². The van der Waals surface area contributed by atoms with Crippen LogP contribution in [0.1, 0.15) is 31.4 Å². The van der Waals surface area contributed by atoms with Crippen molar-refractivity contribution in [3.63, 3.8) is 0 Å². The van der Waals surface area contributed by atoms with Gasteiger partial charge in [-0.3, -0.25) is 24.5 Å². The fourth-order valence-electron chi connectivity index (χ4n) is 4.34. The van der Waals surface area contributed by atoms with Crippen LogP contribution < -0.4 is 5.32 Å². The molecule has 1 aromatic heterocycles. The van der Waals surface area contributed by atoms with Gasteiger partial charge in [0.2, 0.25) is 11.8 Å². The van der Waals surface area contributed by atoms with Crippen LogP contribution >= 0.6 is 0 Å². The standard InChI is InChI=1S/C23H29N5O3/c1-17(29)26-20-6-2-4-18(14-20)22-23(25-8-7-24-22)19-5-3-9-27(15-19)16-21(30)28-10-12-31-13-11-28/h2,4,6-8,14,19H,3,5,9-13,15-16H2,1H3,(H,26,29)/t19-/m1/s1. The molecule has 2 aliphatic heterocycles. The minimum atomic E-state index is -0.107. The predicted molar refractivity (Wildman–Crippen MR) is 118 cm³/mol. The molecule has 0 radical (unpaired) electrons. The summed E-state index contributed by atoms with van der Waals surface area (Å²) < 4.78 is 5.35. The first-order chi connectivity index (χ1) is 15.1. The fourth-order valence-corrected chi connectivity index (χ4v) is 4.34. The SMILES string of the molecule is CC(=O)Nc1cccc(-c2nccnc2[C@@H]2CCCN(CC(=O)N3CCOCC3)C2)c1. The number of rotatable bonds is 5. The maximum absolute atomic E-state index is 12.7. The molecule has 0 bridgehead atoms. The largest absolute Gasteiger partial charge is 0.378 e. The molecule has 1 atom stereocenters. The number of nitrogens with zero attached hydrogens (tertiary/aromatic N) is 4. The van der Waals surface area contributed by atoms with E-state index in [1.165, 1.54) is 6.92 Å². The summed E-state index contributed by atoms with van der Waals surface area (Å²) in [6.07, 6.45) is 5.46. The number of morpholine rings is 1. The molecule has 0 unspecified atom stereocenters. The topological polar surface area (TPSA) is 87.7 Å². The summed E-state index contributed by atoms with van der Waals surface area (Å²) in [6, 6.07) is 7.69. The summed E-state index contributed by atoms with van der Waals surface area (Å²) >= 11 is 0. The highest BCUT2D eigenvalue weighted by Crippen LogP contribution is 2.32. The first-order valence-electron chi connectivity index (χ1n) is 10.9. The number of hydrogen-bond acceptors (Lipinski definition) is 6. The highest BCUT2D eigenvalue weighted by Gasteiger charge is 2.28. The molecule has 31 heavy (non-hydrogen) atoms. The first-order valence-corrected chi connectivity index (χ1v) is 10.9. The number of anilines is 1. The second-order valence-electron chi connectivity index (χ2n) is 8.12. The van der Waals surface area contributed by atoms with Crippen LogP contribution in [0.4, 0.5) is 5.69 Å². The number of amides is 2. The Morgan fingerprint density at radius 3 is 2.77 bits per heavy atom. The van der Waals surface area contributed by atoms with Crippen molar-refractivity contribution in [2.45, 2.75) is 25.7 Å². The van der Waals surface area contributed by atoms with Crippen LogP contribution in [0.25, 0.3) is 11.3 Å². The van der Waals surface area contributed by atoms with E-state index in [2.05, 4.69) is 20.2 Å². The summed E-state index contributed by atoms with van der Waals surface area (Å²) in [5.41, 5.74) is 3.45. The van der Waals surface area contributed by atoms with E-state index in [4.69, 9.17) is 4.74 Å². The normalized spacial score (nSPS) is 19.8. The lowest BCUT2D eigenvalue weighted by Crippen LogP contribution is -2.47. The third-order valence-electron chi connectivity index (χ3n) is 5.80. The van der Waals surface area contributed by atoms with E-state index < -0.39 is 0 Å². The third-order valence-corrected chi connectivity index (χ3v) is 5.80. The summed E-state index contributed by atoms with van der Waals surface area (Å²) in [4.78, 5) is 37.6. The van der Waals surface area contributed by atoms with E-state index in [1.54, 1.807) is 12.4 Å². The van der Waals surface area contributed by atoms with Crippen molar-refractivity contribution in [1.29, 1.82) is 0 Å². The molecule has 164 valence electrons. The smallest absolute Gasteiger partial charge is 0.236 e. The molecule has 2 saturated heterocycles. The number of ether oxygens (including phenoxy) is 1. The van der Waals surface area contributed by atoms with Crippen molar-refractivity contribution >= 4 is 17.5 Å². The Kier molecular flexibility index (Phi) is 6.89. The van der Waals surface area contributed by atoms with Crippen LogP contribution in [-0.4, -0.2) is 77.5 Å². The highest BCUT2D eigenvalue weighted by atomic mass is 16.5. The Balaban J connectivity index is 1.49. The number of benzene rings is 1. The fraction of sp³-hybridized carbons (Fsp3) is 0.478. The maximum Gasteiger partial charge on any atom is 0.236 e. The average Bonchev–Trinajstić information content (AvgIpc) is 2.79. The Labute approximate surface area is 182 Å². The molecule has 3 heterocycles. The van der Waals surface area contributed by atoms with E-state index in [9.17, 15) is 9.59 Å². The molecule has 8 nitrogen and oxygen atoms in total. The van der Waals surface area contributed by atoms with Gasteiger partial charge in [-0.05, 0) is 31.5 Å². The predicted octanol–water partition coefficient (Wildman–Crippen LogP) is 2.14. The van der Waals surface area contributed by atoms with Crippen molar-refractivity contribution < 1.29 is 14.3 Å². The average molecular weight is 424 g/mol. The minimum absolute atomic E-state index is 0.107. The lowest BCUT2D eigenvalue weighted by molar-refractivity contribution is -0.136. The second kappa shape index (κ2) is 9.98. The molecule has 2 aromatic rings. The molecule has 2 amide bonds. The molecule has 1 aromatic carbocycles. The van der Waals surface area contributed by atoms with Gasteiger partial charge in [0.25, 0.3) is 0 Å². The molecule has 8 heteroatoms. The Morgan fingerprint density at radius 2 is 1.97 bits per heavy atom. The lowest BCUT2D eigenvalue weighted by atomic mass is 9.91. The number of carbonyl (C=O) groups excluding carboxylic acids is 2. The second-order valence-corrected chi connectivity index (χ2v) is 8.12. The van der Waals surface area contributed by atoms with Gasteiger partial charge < -0.3 is 15.0 Å². The Hall–Kier alpha value is -2.84. The number of aromatic nitrogens is 2. The van der Waals surface area contributed by atoms with Crippen LogP contribution in [0.5, 0.6) is 0 Å². The zero-order valence-corrected chi connectivity index (χ0v) is 17.9. The van der Waals surface area contributed by atoms with Crippen molar-refractivity contribution in [3.05, 3.63) is 42.4 Å². The van der Waals surface area contributed by atoms with E-state index in [1.807, 2.05) is 29.2 Å². The zero-order chi connectivity index (χ0) is 21.6. The number of nitrogens with one attached hydrogen (secondary N) is 1. The van der Waals surface area contributed by atoms with Crippen molar-refractivity contribution in [2.75, 3.05) is 51.3 Å². The van der Waals surface area contributed by atoms with Crippen molar-refractivity contribution in [1.82, 2.24) is 19.8 Å². The van der Waals surface area contributed by atoms with Gasteiger partial charge >= 0.3 is 0 Å². The van der Waals surface area contributed by atoms with Gasteiger partial charge in [0.1, 0.15) is 0 Å². The molecular formula is C23H29N5O3. The maximum atomic E-state index is 12.7. The lowest BCUT2D eigenvalue weighted by Gasteiger charge is -2.34. The van der Waals surface area contributed by atoms with Gasteiger partial charge in [-0.15, -0.1) is 0 Å². The number of hydrogen-bond donors (Lipinski definition) is 1. The molecular weight excluding hydrogens is 394 g/mol. The molecule has 2 fully saturated rings. The number of likely N-dealkylation sites (tertiary alicyclic amines) is 1.